The zero-order valence-corrected chi connectivity index (χ0v) is 29.9. The molecule has 2 heterocycles. The SMILES string of the molecule is c1ccc(-c2cccc(-c3cccc(C4=NC(c5ccccc5)NC(c5cccc6oc7ccc(-c8cccc(-c9ccccc9)c8)cc7c56)=N4)c3)c2)cc1. The highest BCUT2D eigenvalue weighted by Gasteiger charge is 2.24. The molecule has 1 unspecified atom stereocenters. The molecule has 4 nitrogen and oxygen atoms in total. The lowest BCUT2D eigenvalue weighted by Gasteiger charge is -2.24. The van der Waals surface area contributed by atoms with Crippen LogP contribution < -0.4 is 5.32 Å². The summed E-state index contributed by atoms with van der Waals surface area (Å²) in [6.07, 6.45) is -0.335. The van der Waals surface area contributed by atoms with Gasteiger partial charge in [0.2, 0.25) is 0 Å². The lowest BCUT2D eigenvalue weighted by Crippen LogP contribution is -2.33. The van der Waals surface area contributed by atoms with Crippen molar-refractivity contribution >= 4 is 33.6 Å². The van der Waals surface area contributed by atoms with Crippen LogP contribution in [0.5, 0.6) is 0 Å². The van der Waals surface area contributed by atoms with E-state index >= 15 is 0 Å². The Bertz CT molecular complexity index is 2890. The van der Waals surface area contributed by atoms with E-state index in [1.165, 1.54) is 22.3 Å². The summed E-state index contributed by atoms with van der Waals surface area (Å²) in [5.74, 6) is 1.42. The van der Waals surface area contributed by atoms with Gasteiger partial charge >= 0.3 is 0 Å². The van der Waals surface area contributed by atoms with Gasteiger partial charge in [-0.15, -0.1) is 0 Å². The summed E-state index contributed by atoms with van der Waals surface area (Å²) in [4.78, 5) is 10.5. The van der Waals surface area contributed by atoms with Gasteiger partial charge in [-0.25, -0.2) is 9.98 Å². The van der Waals surface area contributed by atoms with E-state index in [1.54, 1.807) is 0 Å². The largest absolute Gasteiger partial charge is 0.456 e. The average molecular weight is 706 g/mol. The first-order chi connectivity index (χ1) is 27.2. The quantitative estimate of drug-likeness (QED) is 0.179. The Kier molecular flexibility index (Phi) is 8.19. The van der Waals surface area contributed by atoms with Gasteiger partial charge in [0.25, 0.3) is 0 Å². The number of aliphatic imine (C=N–C) groups is 2. The van der Waals surface area contributed by atoms with Crippen LogP contribution in [0.15, 0.2) is 215 Å². The smallest absolute Gasteiger partial charge is 0.159 e. The normalized spacial score (nSPS) is 14.0. The number of nitrogens with one attached hydrogen (secondary N) is 1. The maximum absolute atomic E-state index is 6.48. The molecule has 0 fully saturated rings. The molecular weight excluding hydrogens is 671 g/mol. The molecule has 4 heteroatoms. The Balaban J connectivity index is 1.08. The zero-order chi connectivity index (χ0) is 36.6. The number of rotatable bonds is 7. The molecule has 1 aliphatic heterocycles. The van der Waals surface area contributed by atoms with Crippen LogP contribution in [-0.4, -0.2) is 11.7 Å². The molecule has 0 spiro atoms. The molecule has 0 amide bonds. The number of benzene rings is 8. The second-order valence-electron chi connectivity index (χ2n) is 13.8. The number of hydrogen-bond donors (Lipinski definition) is 1. The van der Waals surface area contributed by atoms with Crippen molar-refractivity contribution in [1.29, 1.82) is 0 Å². The molecule has 1 atom stereocenters. The molecule has 0 saturated heterocycles. The van der Waals surface area contributed by atoms with Crippen molar-refractivity contribution in [2.45, 2.75) is 6.17 Å². The maximum atomic E-state index is 6.48. The van der Waals surface area contributed by atoms with Gasteiger partial charge < -0.3 is 9.73 Å². The van der Waals surface area contributed by atoms with Crippen LogP contribution in [0.4, 0.5) is 0 Å². The van der Waals surface area contributed by atoms with Crippen molar-refractivity contribution in [1.82, 2.24) is 5.32 Å². The summed E-state index contributed by atoms with van der Waals surface area (Å²) >= 11 is 0. The monoisotopic (exact) mass is 705 g/mol. The predicted molar refractivity (Wildman–Crippen MR) is 227 cm³/mol. The van der Waals surface area contributed by atoms with Crippen molar-refractivity contribution in [3.8, 4) is 44.5 Å². The lowest BCUT2D eigenvalue weighted by molar-refractivity contribution is 0.668. The Labute approximate surface area is 319 Å². The zero-order valence-electron chi connectivity index (χ0n) is 29.9. The van der Waals surface area contributed by atoms with E-state index in [1.807, 2.05) is 24.3 Å². The van der Waals surface area contributed by atoms with E-state index in [2.05, 4.69) is 181 Å². The highest BCUT2D eigenvalue weighted by Crippen LogP contribution is 2.37. The van der Waals surface area contributed by atoms with Crippen LogP contribution in [0.2, 0.25) is 0 Å². The highest BCUT2D eigenvalue weighted by molar-refractivity contribution is 6.22. The minimum atomic E-state index is -0.335. The van der Waals surface area contributed by atoms with Gasteiger partial charge in [-0.3, -0.25) is 0 Å². The second kappa shape index (κ2) is 13.9. The van der Waals surface area contributed by atoms with Gasteiger partial charge in [0, 0.05) is 21.9 Å². The number of nitrogens with zero attached hydrogens (tertiary/aromatic N) is 2. The number of hydrogen-bond acceptors (Lipinski definition) is 4. The minimum absolute atomic E-state index is 0.335. The third-order valence-electron chi connectivity index (χ3n) is 10.3. The summed E-state index contributed by atoms with van der Waals surface area (Å²) < 4.78 is 6.48. The number of fused-ring (bicyclic) bond motifs is 3. The average Bonchev–Trinajstić information content (AvgIpc) is 3.66. The van der Waals surface area contributed by atoms with Crippen LogP contribution in [0.1, 0.15) is 22.9 Å². The molecule has 0 radical (unpaired) electrons. The maximum Gasteiger partial charge on any atom is 0.159 e. The Morgan fingerprint density at radius 3 is 1.51 bits per heavy atom. The third kappa shape index (κ3) is 6.30. The number of amidine groups is 2. The molecule has 55 heavy (non-hydrogen) atoms. The molecule has 9 aromatic rings. The molecule has 260 valence electrons. The standard InChI is InChI=1S/C51H35N3O/c1-4-14-34(15-5-1)37-20-10-22-39(30-37)41-24-12-25-43(32-41)50-52-49(36-18-8-3-9-19-36)53-51(54-50)44-26-13-27-47-48(44)45-33-42(28-29-46(45)55-47)40-23-11-21-38(31-40)35-16-6-2-7-17-35/h1-33,49H,(H,52,53,54). The molecule has 0 saturated carbocycles. The van der Waals surface area contributed by atoms with Crippen LogP contribution in [-0.2, 0) is 0 Å². The molecule has 10 rings (SSSR count). The first kappa shape index (κ1) is 32.4. The molecule has 1 aromatic heterocycles. The Morgan fingerprint density at radius 1 is 0.400 bits per heavy atom. The van der Waals surface area contributed by atoms with Gasteiger partial charge in [-0.05, 0) is 86.5 Å². The van der Waals surface area contributed by atoms with E-state index in [9.17, 15) is 0 Å². The molecule has 8 aromatic carbocycles. The van der Waals surface area contributed by atoms with Crippen LogP contribution in [0.3, 0.4) is 0 Å². The molecule has 1 aliphatic rings. The summed E-state index contributed by atoms with van der Waals surface area (Å²) in [7, 11) is 0. The predicted octanol–water partition coefficient (Wildman–Crippen LogP) is 12.7. The van der Waals surface area contributed by atoms with Gasteiger partial charge in [0.15, 0.2) is 5.84 Å². The molecule has 1 N–H and O–H groups in total. The van der Waals surface area contributed by atoms with Gasteiger partial charge in [-0.1, -0.05) is 164 Å². The third-order valence-corrected chi connectivity index (χ3v) is 10.3. The van der Waals surface area contributed by atoms with Crippen molar-refractivity contribution in [3.05, 3.63) is 217 Å². The Morgan fingerprint density at radius 2 is 0.891 bits per heavy atom. The lowest BCUT2D eigenvalue weighted by atomic mass is 9.97. The van der Waals surface area contributed by atoms with E-state index in [4.69, 9.17) is 14.4 Å². The first-order valence-electron chi connectivity index (χ1n) is 18.6. The summed E-state index contributed by atoms with van der Waals surface area (Å²) in [5, 5.41) is 5.76. The van der Waals surface area contributed by atoms with Crippen LogP contribution in [0.25, 0.3) is 66.4 Å². The van der Waals surface area contributed by atoms with E-state index in [0.717, 1.165) is 66.7 Å². The van der Waals surface area contributed by atoms with Gasteiger partial charge in [-0.2, -0.15) is 0 Å². The molecule has 0 bridgehead atoms. The van der Waals surface area contributed by atoms with Crippen LogP contribution in [0, 0.1) is 0 Å². The minimum Gasteiger partial charge on any atom is -0.456 e. The summed E-state index contributed by atoms with van der Waals surface area (Å²) in [5.41, 5.74) is 13.9. The van der Waals surface area contributed by atoms with Crippen molar-refractivity contribution in [2.24, 2.45) is 9.98 Å². The van der Waals surface area contributed by atoms with Crippen molar-refractivity contribution in [3.63, 3.8) is 0 Å². The van der Waals surface area contributed by atoms with E-state index in [-0.39, 0.29) is 6.17 Å². The van der Waals surface area contributed by atoms with Gasteiger partial charge in [0.1, 0.15) is 23.2 Å². The second-order valence-corrected chi connectivity index (χ2v) is 13.8. The summed E-state index contributed by atoms with van der Waals surface area (Å²) in [6, 6.07) is 70.0. The van der Waals surface area contributed by atoms with Gasteiger partial charge in [0.05, 0.1) is 0 Å². The number of furan rings is 1. The van der Waals surface area contributed by atoms with Crippen molar-refractivity contribution < 1.29 is 4.42 Å². The van der Waals surface area contributed by atoms with Crippen LogP contribution >= 0.6 is 0 Å². The van der Waals surface area contributed by atoms with E-state index in [0.29, 0.717) is 5.84 Å². The van der Waals surface area contributed by atoms with E-state index < -0.39 is 0 Å². The fraction of sp³-hybridized carbons (Fsp3) is 0.0196. The Hall–Kier alpha value is -7.30. The van der Waals surface area contributed by atoms with Crippen molar-refractivity contribution in [2.75, 3.05) is 0 Å². The summed E-state index contributed by atoms with van der Waals surface area (Å²) in [6.45, 7) is 0. The molecule has 0 aliphatic carbocycles. The highest BCUT2D eigenvalue weighted by atomic mass is 16.3. The topological polar surface area (TPSA) is 49.9 Å². The molecular formula is C51H35N3O. The fourth-order valence-electron chi connectivity index (χ4n) is 7.58. The first-order valence-corrected chi connectivity index (χ1v) is 18.6. The fourth-order valence-corrected chi connectivity index (χ4v) is 7.58.